The Kier molecular flexibility index (Phi) is 4.95. The summed E-state index contributed by atoms with van der Waals surface area (Å²) in [6.07, 6.45) is 3.57. The van der Waals surface area contributed by atoms with Crippen molar-refractivity contribution in [1.82, 2.24) is 4.98 Å². The molecule has 0 spiro atoms. The van der Waals surface area contributed by atoms with Gasteiger partial charge >= 0.3 is 5.97 Å². The molecule has 1 rings (SSSR count). The van der Waals surface area contributed by atoms with Gasteiger partial charge in [-0.2, -0.15) is 0 Å². The van der Waals surface area contributed by atoms with Crippen molar-refractivity contribution in [3.8, 4) is 0 Å². The first-order valence-electron chi connectivity index (χ1n) is 6.19. The van der Waals surface area contributed by atoms with Crippen LogP contribution in [0.4, 0.5) is 11.5 Å². The van der Waals surface area contributed by atoms with Crippen molar-refractivity contribution in [2.45, 2.75) is 39.7 Å². The predicted molar refractivity (Wildman–Crippen MR) is 72.8 cm³/mol. The number of nitrogens with zero attached hydrogens (tertiary/aromatic N) is 1. The lowest BCUT2D eigenvalue weighted by Crippen LogP contribution is -2.20. The predicted octanol–water partition coefficient (Wildman–Crippen LogP) is 2.60. The van der Waals surface area contributed by atoms with Crippen LogP contribution in [0.1, 0.15) is 44.0 Å². The van der Waals surface area contributed by atoms with Gasteiger partial charge in [-0.25, -0.2) is 9.78 Å². The first-order chi connectivity index (χ1) is 8.43. The molecule has 4 N–H and O–H groups in total. The largest absolute Gasteiger partial charge is 0.478 e. The van der Waals surface area contributed by atoms with Gasteiger partial charge in [0.2, 0.25) is 0 Å². The van der Waals surface area contributed by atoms with Crippen molar-refractivity contribution in [1.29, 1.82) is 0 Å². The number of aromatic nitrogens is 1. The van der Waals surface area contributed by atoms with E-state index in [0.717, 1.165) is 12.8 Å². The number of aromatic carboxylic acids is 1. The Bertz CT molecular complexity index is 421. The highest BCUT2D eigenvalue weighted by Crippen LogP contribution is 2.20. The molecule has 100 valence electrons. The zero-order valence-electron chi connectivity index (χ0n) is 11.1. The van der Waals surface area contributed by atoms with Crippen molar-refractivity contribution in [2.24, 2.45) is 5.92 Å². The molecule has 1 aromatic heterocycles. The Morgan fingerprint density at radius 2 is 2.22 bits per heavy atom. The molecule has 0 aliphatic rings. The summed E-state index contributed by atoms with van der Waals surface area (Å²) in [5.74, 6) is -0.183. The van der Waals surface area contributed by atoms with Gasteiger partial charge in [0, 0.05) is 6.04 Å². The Balaban J connectivity index is 2.80. The van der Waals surface area contributed by atoms with Crippen LogP contribution >= 0.6 is 0 Å². The van der Waals surface area contributed by atoms with Gasteiger partial charge in [0.25, 0.3) is 0 Å². The molecule has 0 aromatic carbocycles. The summed E-state index contributed by atoms with van der Waals surface area (Å²) in [7, 11) is 0. The summed E-state index contributed by atoms with van der Waals surface area (Å²) in [5.41, 5.74) is 6.18. The van der Waals surface area contributed by atoms with E-state index in [4.69, 9.17) is 10.8 Å². The summed E-state index contributed by atoms with van der Waals surface area (Å²) in [6.45, 7) is 6.36. The molecule has 0 aliphatic carbocycles. The number of nitrogen functional groups attached to an aromatic ring is 1. The third kappa shape index (κ3) is 3.91. The number of pyridine rings is 1. The highest BCUT2D eigenvalue weighted by Gasteiger charge is 2.14. The molecule has 1 heterocycles. The van der Waals surface area contributed by atoms with E-state index in [9.17, 15) is 4.79 Å². The van der Waals surface area contributed by atoms with E-state index >= 15 is 0 Å². The van der Waals surface area contributed by atoms with E-state index < -0.39 is 5.97 Å². The number of nitrogens with one attached hydrogen (secondary N) is 1. The van der Waals surface area contributed by atoms with Gasteiger partial charge in [0.15, 0.2) is 0 Å². The van der Waals surface area contributed by atoms with E-state index in [-0.39, 0.29) is 17.4 Å². The second kappa shape index (κ2) is 6.23. The number of carboxylic acids is 1. The van der Waals surface area contributed by atoms with Gasteiger partial charge in [0.1, 0.15) is 5.82 Å². The number of hydrogen-bond donors (Lipinski definition) is 3. The first kappa shape index (κ1) is 14.3. The van der Waals surface area contributed by atoms with Crippen molar-refractivity contribution in [3.63, 3.8) is 0 Å². The quantitative estimate of drug-likeness (QED) is 0.723. The topological polar surface area (TPSA) is 88.2 Å². The highest BCUT2D eigenvalue weighted by atomic mass is 16.4. The van der Waals surface area contributed by atoms with Crippen LogP contribution in [0.2, 0.25) is 0 Å². The molecule has 18 heavy (non-hydrogen) atoms. The summed E-state index contributed by atoms with van der Waals surface area (Å²) in [5, 5.41) is 12.3. The van der Waals surface area contributed by atoms with Gasteiger partial charge < -0.3 is 16.2 Å². The molecule has 0 amide bonds. The lowest BCUT2D eigenvalue weighted by Gasteiger charge is -2.19. The standard InChI is InChI=1S/C13H21N3O2/c1-4-8(2)5-9(3)16-11-7-15-12(14)6-10(11)13(17)18/h6-9,16H,4-5H2,1-3H3,(H2,14,15)(H,17,18). The SMILES string of the molecule is CCC(C)CC(C)Nc1cnc(N)cc1C(=O)O. The van der Waals surface area contributed by atoms with Crippen LogP contribution in [0.15, 0.2) is 12.3 Å². The van der Waals surface area contributed by atoms with Crippen LogP contribution in [0.5, 0.6) is 0 Å². The third-order valence-corrected chi connectivity index (χ3v) is 3.01. The lowest BCUT2D eigenvalue weighted by molar-refractivity contribution is 0.0698. The smallest absolute Gasteiger partial charge is 0.337 e. The van der Waals surface area contributed by atoms with Crippen molar-refractivity contribution >= 4 is 17.5 Å². The van der Waals surface area contributed by atoms with E-state index in [1.165, 1.54) is 12.3 Å². The fraction of sp³-hybridized carbons (Fsp3) is 0.538. The Labute approximate surface area is 107 Å². The summed E-state index contributed by atoms with van der Waals surface area (Å²) in [4.78, 5) is 15.0. The van der Waals surface area contributed by atoms with E-state index in [2.05, 4.69) is 24.1 Å². The molecule has 0 aliphatic heterocycles. The minimum absolute atomic E-state index is 0.165. The highest BCUT2D eigenvalue weighted by molar-refractivity contribution is 5.94. The Hall–Kier alpha value is -1.78. The first-order valence-corrected chi connectivity index (χ1v) is 6.19. The van der Waals surface area contributed by atoms with E-state index in [1.807, 2.05) is 6.92 Å². The van der Waals surface area contributed by atoms with Crippen LogP contribution in [0, 0.1) is 5.92 Å². The van der Waals surface area contributed by atoms with E-state index in [0.29, 0.717) is 11.6 Å². The van der Waals surface area contributed by atoms with Crippen LogP contribution in [-0.2, 0) is 0 Å². The Morgan fingerprint density at radius 1 is 1.56 bits per heavy atom. The zero-order chi connectivity index (χ0) is 13.7. The molecule has 2 unspecified atom stereocenters. The normalized spacial score (nSPS) is 13.9. The minimum Gasteiger partial charge on any atom is -0.478 e. The molecule has 2 atom stereocenters. The summed E-state index contributed by atoms with van der Waals surface area (Å²) < 4.78 is 0. The number of anilines is 2. The van der Waals surface area contributed by atoms with E-state index in [1.54, 1.807) is 0 Å². The van der Waals surface area contributed by atoms with Crippen LogP contribution in [0.3, 0.4) is 0 Å². The number of carbonyl (C=O) groups is 1. The minimum atomic E-state index is -0.998. The maximum atomic E-state index is 11.1. The molecule has 1 aromatic rings. The summed E-state index contributed by atoms with van der Waals surface area (Å²) in [6, 6.07) is 1.57. The monoisotopic (exact) mass is 251 g/mol. The van der Waals surface area contributed by atoms with Crippen LogP contribution < -0.4 is 11.1 Å². The molecule has 0 bridgehead atoms. The molecule has 0 saturated carbocycles. The van der Waals surface area contributed by atoms with Crippen molar-refractivity contribution in [2.75, 3.05) is 11.1 Å². The number of nitrogens with two attached hydrogens (primary N) is 1. The van der Waals surface area contributed by atoms with Crippen LogP contribution in [0.25, 0.3) is 0 Å². The molecule has 5 heteroatoms. The fourth-order valence-electron chi connectivity index (χ4n) is 1.86. The van der Waals surface area contributed by atoms with Gasteiger partial charge in [-0.1, -0.05) is 20.3 Å². The van der Waals surface area contributed by atoms with Crippen LogP contribution in [-0.4, -0.2) is 22.1 Å². The Morgan fingerprint density at radius 3 is 2.78 bits per heavy atom. The van der Waals surface area contributed by atoms with Gasteiger partial charge in [-0.15, -0.1) is 0 Å². The molecular formula is C13H21N3O2. The average molecular weight is 251 g/mol. The lowest BCUT2D eigenvalue weighted by atomic mass is 10.00. The number of carboxylic acid groups (broad SMARTS) is 1. The van der Waals surface area contributed by atoms with Gasteiger partial charge in [0.05, 0.1) is 17.4 Å². The zero-order valence-corrected chi connectivity index (χ0v) is 11.1. The molecule has 0 saturated heterocycles. The molecule has 5 nitrogen and oxygen atoms in total. The number of hydrogen-bond acceptors (Lipinski definition) is 4. The average Bonchev–Trinajstić information content (AvgIpc) is 2.30. The molecule has 0 fully saturated rings. The molecule has 0 radical (unpaired) electrons. The van der Waals surface area contributed by atoms with Gasteiger partial charge in [-0.3, -0.25) is 0 Å². The maximum absolute atomic E-state index is 11.1. The van der Waals surface area contributed by atoms with Gasteiger partial charge in [-0.05, 0) is 25.3 Å². The maximum Gasteiger partial charge on any atom is 0.337 e. The second-order valence-corrected chi connectivity index (χ2v) is 4.75. The summed E-state index contributed by atoms with van der Waals surface area (Å²) >= 11 is 0. The molecular weight excluding hydrogens is 230 g/mol. The van der Waals surface area contributed by atoms with Crippen molar-refractivity contribution < 1.29 is 9.90 Å². The second-order valence-electron chi connectivity index (χ2n) is 4.75. The number of rotatable bonds is 6. The fourth-order valence-corrected chi connectivity index (χ4v) is 1.86. The third-order valence-electron chi connectivity index (χ3n) is 3.01. The van der Waals surface area contributed by atoms with Crippen molar-refractivity contribution in [3.05, 3.63) is 17.8 Å².